The van der Waals surface area contributed by atoms with Crippen LogP contribution in [0.3, 0.4) is 0 Å². The maximum absolute atomic E-state index is 13.7. The summed E-state index contributed by atoms with van der Waals surface area (Å²) in [6.07, 6.45) is 6.12. The van der Waals surface area contributed by atoms with Gasteiger partial charge >= 0.3 is 5.69 Å². The molecule has 1 aliphatic rings. The average Bonchev–Trinajstić information content (AvgIpc) is 3.61. The van der Waals surface area contributed by atoms with Gasteiger partial charge in [-0.3, -0.25) is 14.4 Å². The molecule has 198 valence electrons. The maximum atomic E-state index is 13.7. The standard InChI is InChI=1S/C29H27N5O.C2H4O2/c30-16-8-15-29(19-32-24-14-7-5-12-22(24)29)27-25(17-20-9-2-1-3-10-20)33-28(35)34(27)26-18-31-23-13-6-4-11-21(23)26;1-2(3)4/h1-7,9-14,18-19,31H,8,15-17,30H2,(H,33,35);1H3,(H,3,4). The fourth-order valence-corrected chi connectivity index (χ4v) is 5.45. The summed E-state index contributed by atoms with van der Waals surface area (Å²) in [5.74, 6) is -0.833. The molecule has 3 aromatic carbocycles. The van der Waals surface area contributed by atoms with Crippen molar-refractivity contribution >= 4 is 28.8 Å². The van der Waals surface area contributed by atoms with E-state index >= 15 is 0 Å². The van der Waals surface area contributed by atoms with Gasteiger partial charge in [0.15, 0.2) is 0 Å². The number of imidazole rings is 1. The Kier molecular flexibility index (Phi) is 7.29. The van der Waals surface area contributed by atoms with E-state index in [-0.39, 0.29) is 5.69 Å². The number of aliphatic carboxylic acids is 1. The van der Waals surface area contributed by atoms with Crippen molar-refractivity contribution < 1.29 is 9.90 Å². The molecule has 2 aromatic heterocycles. The van der Waals surface area contributed by atoms with E-state index in [1.165, 1.54) is 0 Å². The minimum atomic E-state index is -0.833. The number of fused-ring (bicyclic) bond motifs is 2. The lowest BCUT2D eigenvalue weighted by Gasteiger charge is -2.30. The zero-order valence-electron chi connectivity index (χ0n) is 21.7. The van der Waals surface area contributed by atoms with Crippen molar-refractivity contribution in [1.82, 2.24) is 14.5 Å². The summed E-state index contributed by atoms with van der Waals surface area (Å²) >= 11 is 0. The van der Waals surface area contributed by atoms with Crippen molar-refractivity contribution in [1.29, 1.82) is 0 Å². The zero-order chi connectivity index (χ0) is 27.4. The van der Waals surface area contributed by atoms with Gasteiger partial charge in [0, 0.05) is 42.4 Å². The number of carboxylic acids is 1. The molecule has 0 radical (unpaired) electrons. The number of hydrogen-bond donors (Lipinski definition) is 4. The predicted molar refractivity (Wildman–Crippen MR) is 154 cm³/mol. The summed E-state index contributed by atoms with van der Waals surface area (Å²) in [4.78, 5) is 34.1. The van der Waals surface area contributed by atoms with Gasteiger partial charge in [-0.15, -0.1) is 0 Å². The molecule has 0 amide bonds. The van der Waals surface area contributed by atoms with Gasteiger partial charge in [-0.25, -0.2) is 4.79 Å². The number of H-pyrrole nitrogens is 2. The third-order valence-corrected chi connectivity index (χ3v) is 7.01. The fraction of sp³-hybridized carbons (Fsp3) is 0.194. The fourth-order valence-electron chi connectivity index (χ4n) is 5.45. The maximum Gasteiger partial charge on any atom is 0.330 e. The highest BCUT2D eigenvalue weighted by molar-refractivity contribution is 5.91. The normalized spacial score (nSPS) is 15.6. The number of carbonyl (C=O) groups is 1. The molecule has 8 heteroatoms. The molecule has 6 rings (SSSR count). The highest BCUT2D eigenvalue weighted by Crippen LogP contribution is 2.46. The summed E-state index contributed by atoms with van der Waals surface area (Å²) in [7, 11) is 0. The van der Waals surface area contributed by atoms with E-state index in [4.69, 9.17) is 20.6 Å². The van der Waals surface area contributed by atoms with Crippen LogP contribution in [0.1, 0.15) is 42.3 Å². The third-order valence-electron chi connectivity index (χ3n) is 7.01. The Balaban J connectivity index is 0.000000723. The molecule has 3 heterocycles. The van der Waals surface area contributed by atoms with Crippen LogP contribution in [0.4, 0.5) is 5.69 Å². The van der Waals surface area contributed by atoms with E-state index in [1.807, 2.05) is 77.6 Å². The van der Waals surface area contributed by atoms with Gasteiger partial charge in [-0.1, -0.05) is 66.7 Å². The second-order valence-electron chi connectivity index (χ2n) is 9.63. The van der Waals surface area contributed by atoms with E-state index in [1.54, 1.807) is 0 Å². The van der Waals surface area contributed by atoms with E-state index in [9.17, 15) is 4.79 Å². The van der Waals surface area contributed by atoms with Crippen LogP contribution < -0.4 is 11.4 Å². The molecule has 5 N–H and O–H groups in total. The first kappa shape index (κ1) is 25.9. The van der Waals surface area contributed by atoms with Gasteiger partial charge in [0.25, 0.3) is 5.97 Å². The van der Waals surface area contributed by atoms with Crippen molar-refractivity contribution in [3.8, 4) is 5.69 Å². The van der Waals surface area contributed by atoms with Gasteiger partial charge in [0.05, 0.1) is 22.5 Å². The summed E-state index contributed by atoms with van der Waals surface area (Å²) < 4.78 is 1.85. The molecule has 1 atom stereocenters. The minimum Gasteiger partial charge on any atom is -0.481 e. The third kappa shape index (κ3) is 4.94. The van der Waals surface area contributed by atoms with Crippen LogP contribution in [-0.2, 0) is 16.6 Å². The van der Waals surface area contributed by atoms with Gasteiger partial charge < -0.3 is 20.8 Å². The largest absolute Gasteiger partial charge is 0.481 e. The molecule has 0 fully saturated rings. The Hall–Kier alpha value is -4.69. The van der Waals surface area contributed by atoms with E-state index in [0.717, 1.165) is 64.6 Å². The Bertz CT molecular complexity index is 1690. The predicted octanol–water partition coefficient (Wildman–Crippen LogP) is 5.07. The number of hydrogen-bond acceptors (Lipinski definition) is 4. The van der Waals surface area contributed by atoms with Crippen molar-refractivity contribution in [3.05, 3.63) is 118 Å². The van der Waals surface area contributed by atoms with Crippen molar-refractivity contribution in [2.24, 2.45) is 10.7 Å². The number of nitrogens with zero attached hydrogens (tertiary/aromatic N) is 2. The van der Waals surface area contributed by atoms with Crippen LogP contribution in [0.15, 0.2) is 94.8 Å². The number of rotatable bonds is 7. The molecule has 0 saturated heterocycles. The van der Waals surface area contributed by atoms with Crippen LogP contribution in [0, 0.1) is 0 Å². The van der Waals surface area contributed by atoms with E-state index in [2.05, 4.69) is 28.2 Å². The summed E-state index contributed by atoms with van der Waals surface area (Å²) in [5, 5.41) is 8.42. The second-order valence-corrected chi connectivity index (χ2v) is 9.63. The highest BCUT2D eigenvalue weighted by Gasteiger charge is 2.43. The number of carboxylic acid groups (broad SMARTS) is 1. The Labute approximate surface area is 225 Å². The number of aliphatic imine (C=N–C) groups is 1. The molecule has 1 aliphatic heterocycles. The van der Waals surface area contributed by atoms with Crippen LogP contribution in [0.5, 0.6) is 0 Å². The summed E-state index contributed by atoms with van der Waals surface area (Å²) in [5.41, 5.74) is 12.1. The first-order chi connectivity index (χ1) is 18.9. The molecule has 39 heavy (non-hydrogen) atoms. The number of aromatic amines is 2. The smallest absolute Gasteiger partial charge is 0.330 e. The monoisotopic (exact) mass is 521 g/mol. The molecule has 0 saturated carbocycles. The van der Waals surface area contributed by atoms with Crippen molar-refractivity contribution in [2.75, 3.05) is 6.54 Å². The molecule has 0 aliphatic carbocycles. The molecule has 1 unspecified atom stereocenters. The zero-order valence-corrected chi connectivity index (χ0v) is 21.7. The highest BCUT2D eigenvalue weighted by atomic mass is 16.4. The number of benzene rings is 3. The molecule has 0 bridgehead atoms. The number of aromatic nitrogens is 3. The molecule has 5 aromatic rings. The first-order valence-corrected chi connectivity index (χ1v) is 12.9. The second kappa shape index (κ2) is 11.0. The van der Waals surface area contributed by atoms with Gasteiger partial charge in [-0.05, 0) is 42.6 Å². The van der Waals surface area contributed by atoms with Crippen LogP contribution in [0.25, 0.3) is 16.6 Å². The molecule has 8 nitrogen and oxygen atoms in total. The van der Waals surface area contributed by atoms with Crippen LogP contribution in [0.2, 0.25) is 0 Å². The Morgan fingerprint density at radius 3 is 2.49 bits per heavy atom. The minimum absolute atomic E-state index is 0.152. The lowest BCUT2D eigenvalue weighted by atomic mass is 9.74. The van der Waals surface area contributed by atoms with E-state index < -0.39 is 11.4 Å². The molecule has 0 spiro atoms. The lowest BCUT2D eigenvalue weighted by Crippen LogP contribution is -2.34. The van der Waals surface area contributed by atoms with Crippen molar-refractivity contribution in [2.45, 2.75) is 31.6 Å². The quantitative estimate of drug-likeness (QED) is 0.238. The van der Waals surface area contributed by atoms with E-state index in [0.29, 0.717) is 13.0 Å². The number of nitrogens with one attached hydrogen (secondary N) is 2. The average molecular weight is 522 g/mol. The molecular weight excluding hydrogens is 490 g/mol. The Morgan fingerprint density at radius 1 is 1.03 bits per heavy atom. The summed E-state index contributed by atoms with van der Waals surface area (Å²) in [6, 6.07) is 26.5. The number of nitrogens with two attached hydrogens (primary N) is 1. The van der Waals surface area contributed by atoms with Crippen molar-refractivity contribution in [3.63, 3.8) is 0 Å². The number of para-hydroxylation sites is 2. The Morgan fingerprint density at radius 2 is 1.72 bits per heavy atom. The SMILES string of the molecule is CC(=O)O.NCCCC1(c2c(Cc3ccccc3)[nH]c(=O)n2-c2c[nH]c3ccccc23)C=Nc2ccccc21. The van der Waals surface area contributed by atoms with Gasteiger partial charge in [0.1, 0.15) is 0 Å². The first-order valence-electron chi connectivity index (χ1n) is 12.9. The van der Waals surface area contributed by atoms with Crippen LogP contribution >= 0.6 is 0 Å². The lowest BCUT2D eigenvalue weighted by molar-refractivity contribution is -0.134. The van der Waals surface area contributed by atoms with Gasteiger partial charge in [-0.2, -0.15) is 0 Å². The van der Waals surface area contributed by atoms with Gasteiger partial charge in [0.2, 0.25) is 0 Å². The molecular formula is C31H31N5O3. The summed E-state index contributed by atoms with van der Waals surface area (Å²) in [6.45, 7) is 1.65. The van der Waals surface area contributed by atoms with Crippen LogP contribution in [-0.4, -0.2) is 38.4 Å². The topological polar surface area (TPSA) is 129 Å².